The smallest absolute Gasteiger partial charge is 0.162 e. The molecule has 0 aliphatic carbocycles. The number of nitrogens with zero attached hydrogens (tertiary/aromatic N) is 2. The van der Waals surface area contributed by atoms with Gasteiger partial charge in [0.1, 0.15) is 6.23 Å². The zero-order valence-electron chi connectivity index (χ0n) is 6.53. The van der Waals surface area contributed by atoms with Crippen LogP contribution in [0.15, 0.2) is 4.99 Å². The van der Waals surface area contributed by atoms with Crippen molar-refractivity contribution in [1.82, 2.24) is 4.90 Å². The van der Waals surface area contributed by atoms with E-state index in [2.05, 4.69) is 16.8 Å². The number of aliphatic hydroxyl groups excluding tert-OH is 1. The minimum absolute atomic E-state index is 0.457. The Labute approximate surface area is 70.5 Å². The number of hydrogen-bond acceptors (Lipinski definition) is 4. The molecule has 1 saturated heterocycles. The molecule has 2 heterocycles. The maximum Gasteiger partial charge on any atom is 0.162 e. The molecule has 0 aromatic carbocycles. The molecule has 2 aliphatic rings. The van der Waals surface area contributed by atoms with Gasteiger partial charge in [-0.1, -0.05) is 11.8 Å². The van der Waals surface area contributed by atoms with Gasteiger partial charge in [0, 0.05) is 24.8 Å². The molecular formula is C7H12N2OS. The highest BCUT2D eigenvalue weighted by Crippen LogP contribution is 2.26. The van der Waals surface area contributed by atoms with Crippen LogP contribution < -0.4 is 0 Å². The number of rotatable bonds is 0. The van der Waals surface area contributed by atoms with E-state index in [1.807, 2.05) is 0 Å². The highest BCUT2D eigenvalue weighted by molar-refractivity contribution is 8.14. The van der Waals surface area contributed by atoms with Crippen molar-refractivity contribution >= 4 is 16.9 Å². The van der Waals surface area contributed by atoms with E-state index < -0.39 is 6.23 Å². The molecular weight excluding hydrogens is 160 g/mol. The zero-order chi connectivity index (χ0) is 7.84. The van der Waals surface area contributed by atoms with Crippen molar-refractivity contribution in [3.63, 3.8) is 0 Å². The summed E-state index contributed by atoms with van der Waals surface area (Å²) in [6.45, 7) is 3.24. The Kier molecular flexibility index (Phi) is 1.81. The van der Waals surface area contributed by atoms with Gasteiger partial charge in [-0.05, 0) is 6.92 Å². The topological polar surface area (TPSA) is 35.8 Å². The molecule has 4 heteroatoms. The maximum atomic E-state index is 9.30. The number of fused-ring (bicyclic) bond motifs is 1. The third kappa shape index (κ3) is 1.25. The number of aliphatic hydroxyl groups is 1. The average Bonchev–Trinajstić information content (AvgIpc) is 2.34. The summed E-state index contributed by atoms with van der Waals surface area (Å²) in [5.41, 5.74) is 0. The SMILES string of the molecule is CC1C[C@@H](O)N=C2SCCN21. The second-order valence-corrected chi connectivity index (χ2v) is 4.08. The fourth-order valence-corrected chi connectivity index (χ4v) is 2.65. The van der Waals surface area contributed by atoms with Gasteiger partial charge in [0.05, 0.1) is 0 Å². The minimum Gasteiger partial charge on any atom is -0.372 e. The van der Waals surface area contributed by atoms with Gasteiger partial charge >= 0.3 is 0 Å². The lowest BCUT2D eigenvalue weighted by atomic mass is 10.2. The predicted molar refractivity (Wildman–Crippen MR) is 46.7 cm³/mol. The van der Waals surface area contributed by atoms with Crippen molar-refractivity contribution in [2.24, 2.45) is 4.99 Å². The molecule has 0 spiro atoms. The average molecular weight is 172 g/mol. The molecule has 3 nitrogen and oxygen atoms in total. The first-order valence-corrected chi connectivity index (χ1v) is 4.91. The summed E-state index contributed by atoms with van der Waals surface area (Å²) >= 11 is 1.75. The lowest BCUT2D eigenvalue weighted by Gasteiger charge is -2.31. The maximum absolute atomic E-state index is 9.30. The number of hydrogen-bond donors (Lipinski definition) is 1. The summed E-state index contributed by atoms with van der Waals surface area (Å²) in [4.78, 5) is 6.43. The van der Waals surface area contributed by atoms with Crippen molar-refractivity contribution in [3.05, 3.63) is 0 Å². The summed E-state index contributed by atoms with van der Waals surface area (Å²) < 4.78 is 0. The molecule has 2 atom stereocenters. The van der Waals surface area contributed by atoms with Gasteiger partial charge in [-0.15, -0.1) is 0 Å². The predicted octanol–water partition coefficient (Wildman–Crippen LogP) is 0.502. The van der Waals surface area contributed by atoms with E-state index in [1.165, 1.54) is 0 Å². The number of aliphatic imine (C=N–C) groups is 1. The molecule has 2 aliphatic heterocycles. The van der Waals surface area contributed by atoms with Crippen molar-refractivity contribution < 1.29 is 5.11 Å². The van der Waals surface area contributed by atoms with Gasteiger partial charge in [0.15, 0.2) is 5.17 Å². The first kappa shape index (κ1) is 7.43. The van der Waals surface area contributed by atoms with Crippen LogP contribution in [0.5, 0.6) is 0 Å². The fourth-order valence-electron chi connectivity index (χ4n) is 1.55. The van der Waals surface area contributed by atoms with E-state index in [1.54, 1.807) is 11.8 Å². The molecule has 2 rings (SSSR count). The molecule has 1 N–H and O–H groups in total. The van der Waals surface area contributed by atoms with E-state index in [0.717, 1.165) is 23.9 Å². The van der Waals surface area contributed by atoms with E-state index >= 15 is 0 Å². The van der Waals surface area contributed by atoms with Crippen molar-refractivity contribution in [1.29, 1.82) is 0 Å². The van der Waals surface area contributed by atoms with Crippen LogP contribution >= 0.6 is 11.8 Å². The first-order chi connectivity index (χ1) is 5.27. The molecule has 1 fully saturated rings. The monoisotopic (exact) mass is 172 g/mol. The van der Waals surface area contributed by atoms with Crippen LogP contribution in [-0.2, 0) is 0 Å². The largest absolute Gasteiger partial charge is 0.372 e. The Morgan fingerprint density at radius 2 is 2.55 bits per heavy atom. The van der Waals surface area contributed by atoms with Crippen LogP contribution in [0, 0.1) is 0 Å². The molecule has 0 saturated carbocycles. The van der Waals surface area contributed by atoms with Crippen LogP contribution in [0.1, 0.15) is 13.3 Å². The van der Waals surface area contributed by atoms with E-state index in [-0.39, 0.29) is 0 Å². The Morgan fingerprint density at radius 3 is 3.36 bits per heavy atom. The second-order valence-electron chi connectivity index (χ2n) is 3.02. The van der Waals surface area contributed by atoms with Gasteiger partial charge in [-0.2, -0.15) is 0 Å². The summed E-state index contributed by atoms with van der Waals surface area (Å²) in [7, 11) is 0. The molecule has 0 aromatic rings. The van der Waals surface area contributed by atoms with Crippen LogP contribution in [0.3, 0.4) is 0 Å². The lowest BCUT2D eigenvalue weighted by molar-refractivity contribution is 0.128. The van der Waals surface area contributed by atoms with E-state index in [0.29, 0.717) is 6.04 Å². The first-order valence-electron chi connectivity index (χ1n) is 3.92. The normalized spacial score (nSPS) is 36.9. The zero-order valence-corrected chi connectivity index (χ0v) is 7.34. The molecule has 0 amide bonds. The molecule has 0 aromatic heterocycles. The van der Waals surface area contributed by atoms with Crippen LogP contribution in [0.25, 0.3) is 0 Å². The van der Waals surface area contributed by atoms with E-state index in [4.69, 9.17) is 0 Å². The summed E-state index contributed by atoms with van der Waals surface area (Å²) in [5, 5.41) is 10.3. The van der Waals surface area contributed by atoms with Crippen LogP contribution in [0.4, 0.5) is 0 Å². The third-order valence-electron chi connectivity index (χ3n) is 2.15. The standard InChI is InChI=1S/C7H12N2OS/c1-5-4-6(10)8-7-9(5)2-3-11-7/h5-6,10H,2-4H2,1H3/t5?,6-/m1/s1. The van der Waals surface area contributed by atoms with Gasteiger partial charge in [0.2, 0.25) is 0 Å². The molecule has 1 unspecified atom stereocenters. The number of thioether (sulfide) groups is 1. The second kappa shape index (κ2) is 2.68. The van der Waals surface area contributed by atoms with Gasteiger partial charge in [0.25, 0.3) is 0 Å². The Bertz CT molecular complexity index is 195. The molecule has 0 radical (unpaired) electrons. The summed E-state index contributed by atoms with van der Waals surface area (Å²) in [5.74, 6) is 1.12. The highest BCUT2D eigenvalue weighted by atomic mass is 32.2. The third-order valence-corrected chi connectivity index (χ3v) is 3.14. The molecule has 0 bridgehead atoms. The minimum atomic E-state index is -0.457. The summed E-state index contributed by atoms with van der Waals surface area (Å²) in [6.07, 6.45) is 0.325. The van der Waals surface area contributed by atoms with Crippen LogP contribution in [-0.4, -0.2) is 39.7 Å². The van der Waals surface area contributed by atoms with Gasteiger partial charge < -0.3 is 10.0 Å². The lowest BCUT2D eigenvalue weighted by Crippen LogP contribution is -2.40. The van der Waals surface area contributed by atoms with Gasteiger partial charge in [-0.25, -0.2) is 4.99 Å². The Morgan fingerprint density at radius 1 is 1.73 bits per heavy atom. The van der Waals surface area contributed by atoms with Crippen molar-refractivity contribution in [3.8, 4) is 0 Å². The Hall–Kier alpha value is -0.220. The number of amidine groups is 1. The van der Waals surface area contributed by atoms with E-state index in [9.17, 15) is 5.11 Å². The summed E-state index contributed by atoms with van der Waals surface area (Å²) in [6, 6.07) is 0.465. The van der Waals surface area contributed by atoms with Crippen molar-refractivity contribution in [2.45, 2.75) is 25.6 Å². The van der Waals surface area contributed by atoms with Gasteiger partial charge in [-0.3, -0.25) is 0 Å². The fraction of sp³-hybridized carbons (Fsp3) is 0.857. The molecule has 62 valence electrons. The Balaban J connectivity index is 2.21. The van der Waals surface area contributed by atoms with Crippen molar-refractivity contribution in [2.75, 3.05) is 12.3 Å². The molecule has 11 heavy (non-hydrogen) atoms. The highest BCUT2D eigenvalue weighted by Gasteiger charge is 2.30. The quantitative estimate of drug-likeness (QED) is 0.578. The van der Waals surface area contributed by atoms with Crippen LogP contribution in [0.2, 0.25) is 0 Å².